The number of sulfonamides is 1. The second-order valence-corrected chi connectivity index (χ2v) is 9.69. The minimum Gasteiger partial charge on any atom is -0.487 e. The summed E-state index contributed by atoms with van der Waals surface area (Å²) >= 11 is 6.02. The monoisotopic (exact) mass is 461 g/mol. The summed E-state index contributed by atoms with van der Waals surface area (Å²) in [7, 11) is -3.79. The number of hydrogen-bond donors (Lipinski definition) is 0. The van der Waals surface area contributed by atoms with Gasteiger partial charge in [0.2, 0.25) is 0 Å². The van der Waals surface area contributed by atoms with E-state index in [1.807, 2.05) is 13.8 Å². The molecule has 0 radical (unpaired) electrons. The van der Waals surface area contributed by atoms with E-state index in [0.717, 1.165) is 5.56 Å². The van der Waals surface area contributed by atoms with Crippen LogP contribution in [0, 0.1) is 12.7 Å². The van der Waals surface area contributed by atoms with Gasteiger partial charge in [-0.15, -0.1) is 0 Å². The average molecular weight is 462 g/mol. The lowest BCUT2D eigenvalue weighted by Crippen LogP contribution is -2.42. The molecule has 8 heteroatoms. The van der Waals surface area contributed by atoms with Crippen LogP contribution in [0.2, 0.25) is 5.02 Å². The summed E-state index contributed by atoms with van der Waals surface area (Å²) < 4.78 is 53.5. The molecule has 3 aromatic carbocycles. The predicted octanol–water partition coefficient (Wildman–Crippen LogP) is 5.34. The van der Waals surface area contributed by atoms with Gasteiger partial charge in [-0.05, 0) is 55.8 Å². The second-order valence-electron chi connectivity index (χ2n) is 7.42. The van der Waals surface area contributed by atoms with E-state index < -0.39 is 15.8 Å². The Hall–Kier alpha value is -2.77. The highest BCUT2D eigenvalue weighted by Crippen LogP contribution is 2.38. The van der Waals surface area contributed by atoms with E-state index in [9.17, 15) is 12.8 Å². The summed E-state index contributed by atoms with van der Waals surface area (Å²) in [6, 6.07) is 16.1. The molecule has 0 saturated carbocycles. The molecule has 1 aliphatic rings. The Labute approximate surface area is 186 Å². The van der Waals surface area contributed by atoms with Crippen LogP contribution in [0.5, 0.6) is 11.5 Å². The number of rotatable bonds is 5. The summed E-state index contributed by atoms with van der Waals surface area (Å²) in [6.07, 6.45) is -0.313. The predicted molar refractivity (Wildman–Crippen MR) is 118 cm³/mol. The highest BCUT2D eigenvalue weighted by Gasteiger charge is 2.33. The third kappa shape index (κ3) is 4.34. The zero-order valence-electron chi connectivity index (χ0n) is 17.0. The molecule has 162 valence electrons. The van der Waals surface area contributed by atoms with E-state index in [1.165, 1.54) is 22.5 Å². The normalized spacial score (nSPS) is 15.9. The van der Waals surface area contributed by atoms with Gasteiger partial charge in [0.25, 0.3) is 10.0 Å². The fourth-order valence-corrected chi connectivity index (χ4v) is 5.13. The molecule has 1 aliphatic heterocycles. The van der Waals surface area contributed by atoms with Crippen LogP contribution < -0.4 is 13.8 Å². The van der Waals surface area contributed by atoms with E-state index in [2.05, 4.69) is 0 Å². The Bertz CT molecular complexity index is 1190. The van der Waals surface area contributed by atoms with Gasteiger partial charge < -0.3 is 9.47 Å². The molecule has 0 saturated heterocycles. The molecule has 0 aromatic heterocycles. The maximum atomic E-state index is 14.0. The Morgan fingerprint density at radius 3 is 2.61 bits per heavy atom. The van der Waals surface area contributed by atoms with Crippen molar-refractivity contribution in [1.82, 2.24) is 0 Å². The SMILES string of the molecule is Cc1ccc(S(=O)(=O)N2C[C@H](C)Oc3ccc(COc4c(F)cccc4Cl)cc32)cc1. The van der Waals surface area contributed by atoms with E-state index in [1.54, 1.807) is 42.5 Å². The minimum absolute atomic E-state index is 0.0158. The van der Waals surface area contributed by atoms with Gasteiger partial charge in [-0.2, -0.15) is 0 Å². The molecule has 1 heterocycles. The minimum atomic E-state index is -3.79. The molecule has 1 atom stereocenters. The van der Waals surface area contributed by atoms with Crippen LogP contribution in [0.4, 0.5) is 10.1 Å². The van der Waals surface area contributed by atoms with Gasteiger partial charge >= 0.3 is 0 Å². The topological polar surface area (TPSA) is 55.8 Å². The summed E-state index contributed by atoms with van der Waals surface area (Å²) in [4.78, 5) is 0.206. The number of fused-ring (bicyclic) bond motifs is 1. The standard InChI is InChI=1S/C23H21ClFNO4S/c1-15-6-9-18(10-7-15)31(27,28)26-13-16(2)30-22-11-8-17(12-21(22)26)14-29-23-19(24)4-3-5-20(23)25/h3-12,16H,13-14H2,1-2H3/t16-/m0/s1. The number of hydrogen-bond acceptors (Lipinski definition) is 4. The van der Waals surface area contributed by atoms with Gasteiger partial charge in [0.05, 0.1) is 22.2 Å². The third-order valence-electron chi connectivity index (χ3n) is 4.95. The lowest BCUT2D eigenvalue weighted by Gasteiger charge is -2.34. The average Bonchev–Trinajstić information content (AvgIpc) is 2.73. The number of nitrogens with zero attached hydrogens (tertiary/aromatic N) is 1. The maximum Gasteiger partial charge on any atom is 0.264 e. The zero-order chi connectivity index (χ0) is 22.2. The van der Waals surface area contributed by atoms with Gasteiger partial charge in [-0.3, -0.25) is 4.31 Å². The number of para-hydroxylation sites is 1. The smallest absolute Gasteiger partial charge is 0.264 e. The van der Waals surface area contributed by atoms with Gasteiger partial charge in [-0.25, -0.2) is 12.8 Å². The van der Waals surface area contributed by atoms with Crippen LogP contribution in [0.1, 0.15) is 18.1 Å². The van der Waals surface area contributed by atoms with E-state index in [0.29, 0.717) is 17.0 Å². The lowest BCUT2D eigenvalue weighted by molar-refractivity contribution is 0.219. The van der Waals surface area contributed by atoms with Crippen LogP contribution >= 0.6 is 11.6 Å². The molecule has 0 aliphatic carbocycles. The van der Waals surface area contributed by atoms with Crippen molar-refractivity contribution in [2.45, 2.75) is 31.5 Å². The lowest BCUT2D eigenvalue weighted by atomic mass is 10.1. The molecule has 31 heavy (non-hydrogen) atoms. The fourth-order valence-electron chi connectivity index (χ4n) is 3.37. The first-order valence-corrected chi connectivity index (χ1v) is 11.5. The van der Waals surface area contributed by atoms with Crippen molar-refractivity contribution in [3.05, 3.63) is 82.6 Å². The molecule has 0 unspecified atom stereocenters. The maximum absolute atomic E-state index is 14.0. The molecule has 0 bridgehead atoms. The van der Waals surface area contributed by atoms with Crippen LogP contribution in [-0.2, 0) is 16.6 Å². The zero-order valence-corrected chi connectivity index (χ0v) is 18.6. The second kappa shape index (κ2) is 8.40. The van der Waals surface area contributed by atoms with Crippen LogP contribution in [0.15, 0.2) is 65.6 Å². The van der Waals surface area contributed by atoms with Crippen molar-refractivity contribution in [3.63, 3.8) is 0 Å². The summed E-state index contributed by atoms with van der Waals surface area (Å²) in [6.45, 7) is 3.91. The molecular weight excluding hydrogens is 441 g/mol. The van der Waals surface area contributed by atoms with Crippen molar-refractivity contribution in [2.75, 3.05) is 10.8 Å². The third-order valence-corrected chi connectivity index (χ3v) is 7.05. The molecular formula is C23H21ClFNO4S. The van der Waals surface area contributed by atoms with Crippen LogP contribution in [0.3, 0.4) is 0 Å². The van der Waals surface area contributed by atoms with Gasteiger partial charge in [0, 0.05) is 0 Å². The summed E-state index contributed by atoms with van der Waals surface area (Å²) in [5.74, 6) is -0.149. The van der Waals surface area contributed by atoms with Gasteiger partial charge in [0.15, 0.2) is 11.6 Å². The summed E-state index contributed by atoms with van der Waals surface area (Å²) in [5, 5.41) is 0.165. The first-order chi connectivity index (χ1) is 14.8. The van der Waals surface area contributed by atoms with E-state index in [4.69, 9.17) is 21.1 Å². The van der Waals surface area contributed by atoms with Crippen LogP contribution in [-0.4, -0.2) is 21.1 Å². The summed E-state index contributed by atoms with van der Waals surface area (Å²) in [5.41, 5.74) is 2.04. The first kappa shape index (κ1) is 21.5. The number of ether oxygens (including phenoxy) is 2. The van der Waals surface area contributed by atoms with Gasteiger partial charge in [0.1, 0.15) is 18.5 Å². The van der Waals surface area contributed by atoms with Crippen molar-refractivity contribution >= 4 is 27.3 Å². The van der Waals surface area contributed by atoms with E-state index >= 15 is 0 Å². The van der Waals surface area contributed by atoms with Crippen molar-refractivity contribution in [1.29, 1.82) is 0 Å². The molecule has 3 aromatic rings. The molecule has 0 N–H and O–H groups in total. The molecule has 0 amide bonds. The number of anilines is 1. The van der Waals surface area contributed by atoms with Gasteiger partial charge in [-0.1, -0.05) is 41.4 Å². The van der Waals surface area contributed by atoms with Crippen molar-refractivity contribution in [3.8, 4) is 11.5 Å². The first-order valence-electron chi connectivity index (χ1n) is 9.71. The van der Waals surface area contributed by atoms with Crippen LogP contribution in [0.25, 0.3) is 0 Å². The van der Waals surface area contributed by atoms with E-state index in [-0.39, 0.29) is 34.9 Å². The number of aryl methyl sites for hydroxylation is 1. The van der Waals surface area contributed by atoms with Crippen molar-refractivity contribution < 1.29 is 22.3 Å². The quantitative estimate of drug-likeness (QED) is 0.514. The Morgan fingerprint density at radius 2 is 1.90 bits per heavy atom. The Balaban J connectivity index is 1.67. The highest BCUT2D eigenvalue weighted by molar-refractivity contribution is 7.92. The fraction of sp³-hybridized carbons (Fsp3) is 0.217. The molecule has 0 spiro atoms. The Kier molecular flexibility index (Phi) is 5.81. The number of halogens is 2. The highest BCUT2D eigenvalue weighted by atomic mass is 35.5. The van der Waals surface area contributed by atoms with Crippen molar-refractivity contribution in [2.24, 2.45) is 0 Å². The molecule has 5 nitrogen and oxygen atoms in total. The molecule has 4 rings (SSSR count). The Morgan fingerprint density at radius 1 is 1.16 bits per heavy atom. The largest absolute Gasteiger partial charge is 0.487 e. The number of benzene rings is 3. The molecule has 0 fully saturated rings.